The first kappa shape index (κ1) is 19.1. The van der Waals surface area contributed by atoms with E-state index in [1.165, 1.54) is 5.56 Å². The van der Waals surface area contributed by atoms with Gasteiger partial charge in [0.25, 0.3) is 0 Å². The highest BCUT2D eigenvalue weighted by molar-refractivity contribution is 5.80. The van der Waals surface area contributed by atoms with Crippen molar-refractivity contribution in [2.45, 2.75) is 20.3 Å². The van der Waals surface area contributed by atoms with E-state index in [1.807, 2.05) is 13.1 Å². The van der Waals surface area contributed by atoms with Gasteiger partial charge in [-0.25, -0.2) is 9.97 Å². The first-order valence-corrected chi connectivity index (χ1v) is 9.59. The second-order valence-electron chi connectivity index (χ2n) is 7.75. The Morgan fingerprint density at radius 3 is 2.33 bits per heavy atom. The van der Waals surface area contributed by atoms with E-state index in [1.54, 1.807) is 12.4 Å². The lowest BCUT2D eigenvalue weighted by molar-refractivity contribution is 0.332. The highest BCUT2D eigenvalue weighted by Crippen LogP contribution is 2.21. The van der Waals surface area contributed by atoms with Crippen LogP contribution in [0.4, 0.5) is 5.95 Å². The molecule has 0 aliphatic carbocycles. The summed E-state index contributed by atoms with van der Waals surface area (Å²) in [6.45, 7) is 9.11. The molecule has 144 valence electrons. The zero-order valence-corrected chi connectivity index (χ0v) is 16.6. The van der Waals surface area contributed by atoms with E-state index in [9.17, 15) is 0 Å². The highest BCUT2D eigenvalue weighted by Gasteiger charge is 2.23. The number of aromatic nitrogens is 2. The lowest BCUT2D eigenvalue weighted by atomic mass is 9.86. The minimum Gasteiger partial charge on any atom is -0.356 e. The number of hydrogen-bond donors (Lipinski definition) is 1. The fraction of sp³-hybridized carbons (Fsp3) is 0.476. The lowest BCUT2D eigenvalue weighted by Gasteiger charge is -2.37. The van der Waals surface area contributed by atoms with E-state index >= 15 is 0 Å². The number of hydrogen-bond acceptors (Lipinski definition) is 4. The molecule has 1 aliphatic rings. The molecule has 6 heteroatoms. The third-order valence-electron chi connectivity index (χ3n) is 4.88. The summed E-state index contributed by atoms with van der Waals surface area (Å²) in [5.74, 6) is 1.79. The average molecular weight is 367 g/mol. The van der Waals surface area contributed by atoms with Gasteiger partial charge in [-0.1, -0.05) is 44.2 Å². The van der Waals surface area contributed by atoms with E-state index in [2.05, 4.69) is 74.3 Å². The molecular formula is C21H30N6. The molecule has 27 heavy (non-hydrogen) atoms. The number of rotatable bonds is 5. The Morgan fingerprint density at radius 1 is 1.04 bits per heavy atom. The molecule has 0 radical (unpaired) electrons. The van der Waals surface area contributed by atoms with Crippen LogP contribution in [0.2, 0.25) is 0 Å². The van der Waals surface area contributed by atoms with Crippen molar-refractivity contribution in [2.75, 3.05) is 44.7 Å². The Bertz CT molecular complexity index is 721. The maximum atomic E-state index is 4.50. The summed E-state index contributed by atoms with van der Waals surface area (Å²) in [5, 5.41) is 3.58. The van der Waals surface area contributed by atoms with Crippen LogP contribution in [0.25, 0.3) is 0 Å². The van der Waals surface area contributed by atoms with Crippen molar-refractivity contribution in [1.29, 1.82) is 0 Å². The van der Waals surface area contributed by atoms with Gasteiger partial charge in [0.15, 0.2) is 5.96 Å². The number of anilines is 1. The fourth-order valence-corrected chi connectivity index (χ4v) is 3.43. The first-order chi connectivity index (χ1) is 13.1. The molecular weight excluding hydrogens is 336 g/mol. The fourth-order valence-electron chi connectivity index (χ4n) is 3.43. The summed E-state index contributed by atoms with van der Waals surface area (Å²) in [5.41, 5.74) is 1.52. The molecule has 1 aliphatic heterocycles. The molecule has 0 saturated carbocycles. The van der Waals surface area contributed by atoms with Crippen molar-refractivity contribution in [3.05, 3.63) is 54.4 Å². The molecule has 3 rings (SSSR count). The molecule has 0 spiro atoms. The molecule has 1 saturated heterocycles. The number of guanidine groups is 1. The summed E-state index contributed by atoms with van der Waals surface area (Å²) in [6.07, 6.45) is 4.63. The molecule has 0 atom stereocenters. The number of benzene rings is 1. The molecule has 0 unspecified atom stereocenters. The number of piperazine rings is 1. The molecule has 0 amide bonds. The Morgan fingerprint density at radius 2 is 1.70 bits per heavy atom. The Kier molecular flexibility index (Phi) is 6.27. The minimum atomic E-state index is 0.150. The summed E-state index contributed by atoms with van der Waals surface area (Å²) in [4.78, 5) is 17.7. The van der Waals surface area contributed by atoms with Crippen molar-refractivity contribution < 1.29 is 0 Å². The predicted octanol–water partition coefficient (Wildman–Crippen LogP) is 2.44. The van der Waals surface area contributed by atoms with Crippen molar-refractivity contribution >= 4 is 11.9 Å². The first-order valence-electron chi connectivity index (χ1n) is 9.59. The summed E-state index contributed by atoms with van der Waals surface area (Å²) in [7, 11) is 1.86. The molecule has 2 heterocycles. The zero-order chi connectivity index (χ0) is 19.1. The van der Waals surface area contributed by atoms with Crippen LogP contribution in [0.1, 0.15) is 19.4 Å². The Balaban J connectivity index is 1.51. The van der Waals surface area contributed by atoms with E-state index in [4.69, 9.17) is 0 Å². The number of nitrogens with one attached hydrogen (secondary N) is 1. The van der Waals surface area contributed by atoms with Crippen LogP contribution in [0.15, 0.2) is 53.8 Å². The maximum Gasteiger partial charge on any atom is 0.225 e. The van der Waals surface area contributed by atoms with Crippen LogP contribution in [-0.2, 0) is 6.42 Å². The summed E-state index contributed by atoms with van der Waals surface area (Å²) >= 11 is 0. The summed E-state index contributed by atoms with van der Waals surface area (Å²) < 4.78 is 0. The van der Waals surface area contributed by atoms with Crippen LogP contribution in [0, 0.1) is 5.41 Å². The van der Waals surface area contributed by atoms with E-state index in [0.717, 1.165) is 51.1 Å². The van der Waals surface area contributed by atoms with Gasteiger partial charge in [0, 0.05) is 52.2 Å². The average Bonchev–Trinajstić information content (AvgIpc) is 2.70. The third kappa shape index (κ3) is 5.42. The van der Waals surface area contributed by atoms with Gasteiger partial charge in [0.05, 0.1) is 0 Å². The van der Waals surface area contributed by atoms with Crippen molar-refractivity contribution in [3.63, 3.8) is 0 Å². The third-order valence-corrected chi connectivity index (χ3v) is 4.88. The topological polar surface area (TPSA) is 56.7 Å². The van der Waals surface area contributed by atoms with E-state index in [0.29, 0.717) is 0 Å². The molecule has 1 fully saturated rings. The van der Waals surface area contributed by atoms with Crippen molar-refractivity contribution in [2.24, 2.45) is 10.4 Å². The van der Waals surface area contributed by atoms with E-state index in [-0.39, 0.29) is 5.41 Å². The van der Waals surface area contributed by atoms with Crippen LogP contribution in [-0.4, -0.2) is 60.6 Å². The van der Waals surface area contributed by atoms with Gasteiger partial charge in [0.2, 0.25) is 5.95 Å². The normalized spacial score (nSPS) is 15.7. The van der Waals surface area contributed by atoms with Crippen LogP contribution >= 0.6 is 0 Å². The largest absolute Gasteiger partial charge is 0.356 e. The standard InChI is InChI=1S/C21H30N6/c1-21(2,16-18-8-5-4-6-9-18)17-25-19(22-3)26-12-14-27(15-13-26)20-23-10-7-11-24-20/h4-11H,12-17H2,1-3H3,(H,22,25). The zero-order valence-electron chi connectivity index (χ0n) is 16.6. The smallest absolute Gasteiger partial charge is 0.225 e. The van der Waals surface area contributed by atoms with Gasteiger partial charge < -0.3 is 15.1 Å². The van der Waals surface area contributed by atoms with Crippen LogP contribution in [0.5, 0.6) is 0 Å². The van der Waals surface area contributed by atoms with Crippen molar-refractivity contribution in [3.8, 4) is 0 Å². The molecule has 1 aromatic heterocycles. The van der Waals surface area contributed by atoms with Gasteiger partial charge in [-0.3, -0.25) is 4.99 Å². The van der Waals surface area contributed by atoms with Crippen molar-refractivity contribution in [1.82, 2.24) is 20.2 Å². The second kappa shape index (κ2) is 8.84. The Labute approximate surface area is 162 Å². The number of aliphatic imine (C=N–C) groups is 1. The summed E-state index contributed by atoms with van der Waals surface area (Å²) in [6, 6.07) is 12.5. The maximum absolute atomic E-state index is 4.50. The predicted molar refractivity (Wildman–Crippen MR) is 111 cm³/mol. The van der Waals surface area contributed by atoms with Gasteiger partial charge in [-0.2, -0.15) is 0 Å². The lowest BCUT2D eigenvalue weighted by Crippen LogP contribution is -2.54. The quantitative estimate of drug-likeness (QED) is 0.651. The van der Waals surface area contributed by atoms with Gasteiger partial charge in [-0.05, 0) is 23.5 Å². The number of nitrogens with zero attached hydrogens (tertiary/aromatic N) is 5. The van der Waals surface area contributed by atoms with Gasteiger partial charge in [0.1, 0.15) is 0 Å². The molecule has 6 nitrogen and oxygen atoms in total. The minimum absolute atomic E-state index is 0.150. The van der Waals surface area contributed by atoms with Gasteiger partial charge >= 0.3 is 0 Å². The Hall–Kier alpha value is -2.63. The van der Waals surface area contributed by atoms with Gasteiger partial charge in [-0.15, -0.1) is 0 Å². The SMILES string of the molecule is CN=C(NCC(C)(C)Cc1ccccc1)N1CCN(c2ncccn2)CC1. The van der Waals surface area contributed by atoms with E-state index < -0.39 is 0 Å². The monoisotopic (exact) mass is 366 g/mol. The second-order valence-corrected chi connectivity index (χ2v) is 7.75. The molecule has 1 aromatic carbocycles. The molecule has 0 bridgehead atoms. The molecule has 1 N–H and O–H groups in total. The van der Waals surface area contributed by atoms with Crippen LogP contribution < -0.4 is 10.2 Å². The highest BCUT2D eigenvalue weighted by atomic mass is 15.4. The molecule has 2 aromatic rings. The van der Waals surface area contributed by atoms with Crippen LogP contribution in [0.3, 0.4) is 0 Å².